The molecule has 5 nitrogen and oxygen atoms in total. The molecule has 2 atom stereocenters. The van der Waals surface area contributed by atoms with Gasteiger partial charge in [-0.25, -0.2) is 0 Å². The highest BCUT2D eigenvalue weighted by molar-refractivity contribution is 4.61. The highest BCUT2D eigenvalue weighted by atomic mass is 16.5. The Kier molecular flexibility index (Phi) is 14.1. The van der Waals surface area contributed by atoms with Crippen LogP contribution in [0.15, 0.2) is 0 Å². The summed E-state index contributed by atoms with van der Waals surface area (Å²) < 4.78 is 16.1. The summed E-state index contributed by atoms with van der Waals surface area (Å²) in [5.41, 5.74) is 0. The Bertz CT molecular complexity index is 181. The second-order valence-electron chi connectivity index (χ2n) is 4.62. The zero-order chi connectivity index (χ0) is 14.3. The summed E-state index contributed by atoms with van der Waals surface area (Å²) >= 11 is 0. The van der Waals surface area contributed by atoms with Gasteiger partial charge in [0.1, 0.15) is 0 Å². The van der Waals surface area contributed by atoms with Crippen LogP contribution in [0.4, 0.5) is 0 Å². The molecule has 0 aliphatic rings. The van der Waals surface area contributed by atoms with Gasteiger partial charge in [0.05, 0.1) is 32.0 Å². The van der Waals surface area contributed by atoms with Gasteiger partial charge >= 0.3 is 0 Å². The molecule has 2 unspecified atom stereocenters. The Morgan fingerprint density at radius 1 is 1.05 bits per heavy atom. The molecule has 0 aliphatic heterocycles. The van der Waals surface area contributed by atoms with Gasteiger partial charge in [0.25, 0.3) is 0 Å². The number of unbranched alkanes of at least 4 members (excludes halogenated alkanes) is 1. The maximum atomic E-state index is 9.66. The van der Waals surface area contributed by atoms with Gasteiger partial charge in [-0.3, -0.25) is 0 Å². The lowest BCUT2D eigenvalue weighted by Crippen LogP contribution is -2.35. The Labute approximate surface area is 117 Å². The summed E-state index contributed by atoms with van der Waals surface area (Å²) in [6.07, 6.45) is 1.92. The van der Waals surface area contributed by atoms with Crippen LogP contribution < -0.4 is 5.32 Å². The van der Waals surface area contributed by atoms with Gasteiger partial charge in [-0.05, 0) is 20.3 Å². The number of nitrogens with one attached hydrogen (secondary N) is 1. The molecule has 0 heterocycles. The maximum absolute atomic E-state index is 9.66. The molecule has 0 spiro atoms. The van der Waals surface area contributed by atoms with Crippen LogP contribution in [0.25, 0.3) is 0 Å². The number of ether oxygens (including phenoxy) is 3. The van der Waals surface area contributed by atoms with Crippen molar-refractivity contribution in [2.75, 3.05) is 46.1 Å². The second-order valence-corrected chi connectivity index (χ2v) is 4.62. The monoisotopic (exact) mass is 277 g/mol. The summed E-state index contributed by atoms with van der Waals surface area (Å²) in [6.45, 7) is 10.4. The van der Waals surface area contributed by atoms with Crippen LogP contribution in [-0.4, -0.2) is 63.4 Å². The fourth-order valence-electron chi connectivity index (χ4n) is 1.54. The standard InChI is InChI=1S/C14H31NO4/c1-4-6-7-17-8-9-18-12-14(16)11-15-10-13(3)19-5-2/h13-16H,4-12H2,1-3H3. The van der Waals surface area contributed by atoms with E-state index < -0.39 is 6.10 Å². The van der Waals surface area contributed by atoms with E-state index in [4.69, 9.17) is 14.2 Å². The average molecular weight is 277 g/mol. The lowest BCUT2D eigenvalue weighted by molar-refractivity contribution is 0.00237. The molecule has 0 aromatic rings. The number of aliphatic hydroxyl groups excluding tert-OH is 1. The Morgan fingerprint density at radius 3 is 2.47 bits per heavy atom. The van der Waals surface area contributed by atoms with Gasteiger partial charge in [-0.15, -0.1) is 0 Å². The summed E-state index contributed by atoms with van der Waals surface area (Å²) in [7, 11) is 0. The maximum Gasteiger partial charge on any atom is 0.0897 e. The molecule has 0 amide bonds. The molecular weight excluding hydrogens is 246 g/mol. The predicted octanol–water partition coefficient (Wildman–Crippen LogP) is 1.20. The number of aliphatic hydroxyl groups is 1. The lowest BCUT2D eigenvalue weighted by Gasteiger charge is -2.15. The van der Waals surface area contributed by atoms with Gasteiger partial charge in [-0.2, -0.15) is 0 Å². The Morgan fingerprint density at radius 2 is 1.79 bits per heavy atom. The van der Waals surface area contributed by atoms with E-state index in [0.717, 1.165) is 26.0 Å². The van der Waals surface area contributed by atoms with Gasteiger partial charge < -0.3 is 24.6 Å². The smallest absolute Gasteiger partial charge is 0.0897 e. The van der Waals surface area contributed by atoms with E-state index in [2.05, 4.69) is 12.2 Å². The van der Waals surface area contributed by atoms with Crippen LogP contribution in [0.5, 0.6) is 0 Å². The second kappa shape index (κ2) is 14.2. The van der Waals surface area contributed by atoms with Gasteiger partial charge in [-0.1, -0.05) is 13.3 Å². The number of hydrogen-bond acceptors (Lipinski definition) is 5. The van der Waals surface area contributed by atoms with Crippen molar-refractivity contribution in [3.8, 4) is 0 Å². The van der Waals surface area contributed by atoms with E-state index in [9.17, 15) is 5.11 Å². The quantitative estimate of drug-likeness (QED) is 0.467. The average Bonchev–Trinajstić information content (AvgIpc) is 2.38. The third-order valence-corrected chi connectivity index (χ3v) is 2.59. The highest BCUT2D eigenvalue weighted by Crippen LogP contribution is 1.90. The highest BCUT2D eigenvalue weighted by Gasteiger charge is 2.05. The van der Waals surface area contributed by atoms with Crippen LogP contribution in [0.2, 0.25) is 0 Å². The minimum absolute atomic E-state index is 0.171. The number of hydrogen-bond donors (Lipinski definition) is 2. The molecule has 2 N–H and O–H groups in total. The topological polar surface area (TPSA) is 60.0 Å². The summed E-state index contributed by atoms with van der Waals surface area (Å²) in [4.78, 5) is 0. The first-order valence-corrected chi connectivity index (χ1v) is 7.36. The molecule has 0 saturated carbocycles. The lowest BCUT2D eigenvalue weighted by atomic mass is 10.3. The fraction of sp³-hybridized carbons (Fsp3) is 1.00. The molecule has 19 heavy (non-hydrogen) atoms. The van der Waals surface area contributed by atoms with Crippen molar-refractivity contribution in [1.29, 1.82) is 0 Å². The third-order valence-electron chi connectivity index (χ3n) is 2.59. The minimum Gasteiger partial charge on any atom is -0.389 e. The molecule has 0 aromatic carbocycles. The minimum atomic E-state index is -0.482. The van der Waals surface area contributed by atoms with Crippen molar-refractivity contribution in [3.05, 3.63) is 0 Å². The molecule has 0 bridgehead atoms. The third kappa shape index (κ3) is 14.0. The predicted molar refractivity (Wildman–Crippen MR) is 76.5 cm³/mol. The van der Waals surface area contributed by atoms with Crippen LogP contribution in [0, 0.1) is 0 Å². The Hall–Kier alpha value is -0.200. The fourth-order valence-corrected chi connectivity index (χ4v) is 1.54. The summed E-state index contributed by atoms with van der Waals surface area (Å²) in [5, 5.41) is 12.8. The van der Waals surface area contributed by atoms with Crippen molar-refractivity contribution < 1.29 is 19.3 Å². The van der Waals surface area contributed by atoms with Crippen LogP contribution in [0.3, 0.4) is 0 Å². The SMILES string of the molecule is CCCCOCCOCC(O)CNCC(C)OCC. The van der Waals surface area contributed by atoms with E-state index >= 15 is 0 Å². The molecule has 116 valence electrons. The summed E-state index contributed by atoms with van der Waals surface area (Å²) in [6, 6.07) is 0. The van der Waals surface area contributed by atoms with Crippen molar-refractivity contribution in [2.45, 2.75) is 45.8 Å². The first-order chi connectivity index (χ1) is 9.20. The molecule has 0 rings (SSSR count). The van der Waals surface area contributed by atoms with Gasteiger partial charge in [0.15, 0.2) is 0 Å². The van der Waals surface area contributed by atoms with Crippen LogP contribution in [-0.2, 0) is 14.2 Å². The molecule has 0 saturated heterocycles. The van der Waals surface area contributed by atoms with Gasteiger partial charge in [0, 0.05) is 26.3 Å². The van der Waals surface area contributed by atoms with E-state index in [1.165, 1.54) is 0 Å². The van der Waals surface area contributed by atoms with Crippen LogP contribution >= 0.6 is 0 Å². The molecule has 5 heteroatoms. The van der Waals surface area contributed by atoms with E-state index in [1.54, 1.807) is 0 Å². The zero-order valence-electron chi connectivity index (χ0n) is 12.7. The van der Waals surface area contributed by atoms with Crippen molar-refractivity contribution in [2.24, 2.45) is 0 Å². The Balaban J connectivity index is 3.23. The molecule has 0 fully saturated rings. The normalized spacial score (nSPS) is 14.5. The molecule has 0 aliphatic carbocycles. The largest absolute Gasteiger partial charge is 0.389 e. The van der Waals surface area contributed by atoms with E-state index in [0.29, 0.717) is 33.0 Å². The van der Waals surface area contributed by atoms with E-state index in [-0.39, 0.29) is 6.10 Å². The number of rotatable bonds is 14. The summed E-state index contributed by atoms with van der Waals surface area (Å²) in [5.74, 6) is 0. The van der Waals surface area contributed by atoms with Crippen molar-refractivity contribution in [3.63, 3.8) is 0 Å². The molecule has 0 aromatic heterocycles. The first-order valence-electron chi connectivity index (χ1n) is 7.36. The van der Waals surface area contributed by atoms with Crippen molar-refractivity contribution >= 4 is 0 Å². The van der Waals surface area contributed by atoms with Gasteiger partial charge in [0.2, 0.25) is 0 Å². The zero-order valence-corrected chi connectivity index (χ0v) is 12.7. The van der Waals surface area contributed by atoms with Crippen LogP contribution in [0.1, 0.15) is 33.6 Å². The molecular formula is C14H31NO4. The van der Waals surface area contributed by atoms with E-state index in [1.807, 2.05) is 13.8 Å². The first kappa shape index (κ1) is 18.8. The molecule has 0 radical (unpaired) electrons. The van der Waals surface area contributed by atoms with Crippen molar-refractivity contribution in [1.82, 2.24) is 5.32 Å².